The lowest BCUT2D eigenvalue weighted by molar-refractivity contribution is 0.123. The first-order valence-corrected chi connectivity index (χ1v) is 12.9. The van der Waals surface area contributed by atoms with Gasteiger partial charge in [-0.2, -0.15) is 0 Å². The SMILES string of the molecule is CCCCCCCCCCCCCCC(N)C(O)CCn1c(=O)c2c(ncn2C)n(C)c1=O. The smallest absolute Gasteiger partial charge is 0.332 e. The Morgan fingerprint density at radius 1 is 0.909 bits per heavy atom. The summed E-state index contributed by atoms with van der Waals surface area (Å²) in [7, 11) is 3.33. The quantitative estimate of drug-likeness (QED) is 0.349. The number of aliphatic hydroxyl groups excluding tert-OH is 1. The number of aliphatic hydroxyl groups is 1. The molecule has 0 amide bonds. The number of hydrogen-bond donors (Lipinski definition) is 2. The van der Waals surface area contributed by atoms with Crippen molar-refractivity contribution in [1.29, 1.82) is 0 Å². The lowest BCUT2D eigenvalue weighted by Crippen LogP contribution is -2.42. The minimum atomic E-state index is -0.739. The van der Waals surface area contributed by atoms with Crippen molar-refractivity contribution in [2.24, 2.45) is 19.8 Å². The summed E-state index contributed by atoms with van der Waals surface area (Å²) >= 11 is 0. The number of imidazole rings is 1. The molecule has 0 aliphatic heterocycles. The molecule has 8 heteroatoms. The van der Waals surface area contributed by atoms with Crippen LogP contribution in [0.3, 0.4) is 0 Å². The molecule has 0 saturated carbocycles. The summed E-state index contributed by atoms with van der Waals surface area (Å²) in [4.78, 5) is 29.4. The summed E-state index contributed by atoms with van der Waals surface area (Å²) in [6.07, 6.45) is 17.3. The van der Waals surface area contributed by atoms with Gasteiger partial charge in [-0.1, -0.05) is 84.0 Å². The van der Waals surface area contributed by atoms with E-state index in [0.29, 0.717) is 11.2 Å². The summed E-state index contributed by atoms with van der Waals surface area (Å²) < 4.78 is 4.16. The number of nitrogens with two attached hydrogens (primary N) is 1. The van der Waals surface area contributed by atoms with E-state index >= 15 is 0 Å². The molecule has 0 fully saturated rings. The van der Waals surface area contributed by atoms with E-state index in [1.165, 1.54) is 79.7 Å². The number of hydrogen-bond acceptors (Lipinski definition) is 5. The fourth-order valence-corrected chi connectivity index (χ4v) is 4.48. The van der Waals surface area contributed by atoms with Crippen LogP contribution >= 0.6 is 0 Å². The van der Waals surface area contributed by atoms with Gasteiger partial charge in [-0.05, 0) is 12.8 Å². The Kier molecular flexibility index (Phi) is 11.9. The Balaban J connectivity index is 1.64. The molecule has 2 atom stereocenters. The van der Waals surface area contributed by atoms with E-state index in [4.69, 9.17) is 5.73 Å². The molecular formula is C25H45N5O3. The molecule has 0 aromatic carbocycles. The van der Waals surface area contributed by atoms with Crippen molar-refractivity contribution >= 4 is 11.2 Å². The van der Waals surface area contributed by atoms with Crippen LogP contribution in [0.25, 0.3) is 11.2 Å². The van der Waals surface area contributed by atoms with Crippen LogP contribution in [0.15, 0.2) is 15.9 Å². The zero-order chi connectivity index (χ0) is 24.2. The average molecular weight is 464 g/mol. The van der Waals surface area contributed by atoms with E-state index in [1.807, 2.05) is 0 Å². The molecule has 0 aliphatic rings. The highest BCUT2D eigenvalue weighted by molar-refractivity contribution is 5.69. The topological polar surface area (TPSA) is 108 Å². The van der Waals surface area contributed by atoms with Gasteiger partial charge >= 0.3 is 5.69 Å². The average Bonchev–Trinajstić information content (AvgIpc) is 3.19. The lowest BCUT2D eigenvalue weighted by atomic mass is 10.00. The second kappa shape index (κ2) is 14.4. The van der Waals surface area contributed by atoms with Crippen LogP contribution in [0.1, 0.15) is 96.8 Å². The van der Waals surface area contributed by atoms with Crippen LogP contribution in [-0.4, -0.2) is 35.9 Å². The number of unbranched alkanes of at least 4 members (excludes halogenated alkanes) is 11. The predicted molar refractivity (Wildman–Crippen MR) is 135 cm³/mol. The van der Waals surface area contributed by atoms with Crippen LogP contribution in [0.2, 0.25) is 0 Å². The molecule has 0 aliphatic carbocycles. The molecule has 2 aromatic rings. The second-order valence-electron chi connectivity index (χ2n) is 9.52. The van der Waals surface area contributed by atoms with Crippen LogP contribution in [0.4, 0.5) is 0 Å². The third-order valence-electron chi connectivity index (χ3n) is 6.73. The number of rotatable bonds is 17. The summed E-state index contributed by atoms with van der Waals surface area (Å²) in [6.45, 7) is 2.39. The molecule has 2 heterocycles. The van der Waals surface area contributed by atoms with Gasteiger partial charge in [0.25, 0.3) is 5.56 Å². The molecule has 3 N–H and O–H groups in total. The summed E-state index contributed by atoms with van der Waals surface area (Å²) in [5.74, 6) is 0. The predicted octanol–water partition coefficient (Wildman–Crippen LogP) is 3.60. The van der Waals surface area contributed by atoms with Crippen molar-refractivity contribution in [3.05, 3.63) is 27.2 Å². The van der Waals surface area contributed by atoms with Crippen molar-refractivity contribution in [3.63, 3.8) is 0 Å². The molecule has 8 nitrogen and oxygen atoms in total. The molecule has 0 radical (unpaired) electrons. The first kappa shape index (κ1) is 27.3. The van der Waals surface area contributed by atoms with Crippen molar-refractivity contribution in [1.82, 2.24) is 18.7 Å². The van der Waals surface area contributed by atoms with Crippen molar-refractivity contribution in [2.45, 2.75) is 116 Å². The van der Waals surface area contributed by atoms with E-state index < -0.39 is 11.8 Å². The van der Waals surface area contributed by atoms with E-state index in [2.05, 4.69) is 11.9 Å². The Bertz CT molecular complexity index is 946. The van der Waals surface area contributed by atoms with Gasteiger partial charge in [-0.25, -0.2) is 9.78 Å². The van der Waals surface area contributed by atoms with Crippen LogP contribution in [0, 0.1) is 0 Å². The van der Waals surface area contributed by atoms with Crippen molar-refractivity contribution < 1.29 is 5.11 Å². The standard InChI is InChI=1S/C25H45N5O3/c1-4-5-6-7-8-9-10-11-12-13-14-15-16-20(26)21(31)17-18-30-24(32)22-23(27-19-28(22)2)29(3)25(30)33/h19-21,31H,4-18,26H2,1-3H3. The highest BCUT2D eigenvalue weighted by Crippen LogP contribution is 2.14. The largest absolute Gasteiger partial charge is 0.391 e. The zero-order valence-corrected chi connectivity index (χ0v) is 21.0. The normalized spacial score (nSPS) is 13.6. The fourth-order valence-electron chi connectivity index (χ4n) is 4.48. The van der Waals surface area contributed by atoms with Gasteiger partial charge < -0.3 is 15.4 Å². The number of aryl methyl sites for hydroxylation is 2. The third kappa shape index (κ3) is 8.10. The number of nitrogens with zero attached hydrogens (tertiary/aromatic N) is 4. The molecule has 188 valence electrons. The minimum absolute atomic E-state index is 0.139. The van der Waals surface area contributed by atoms with Gasteiger partial charge in [0.05, 0.1) is 12.4 Å². The second-order valence-corrected chi connectivity index (χ2v) is 9.52. The van der Waals surface area contributed by atoms with E-state index in [0.717, 1.165) is 19.3 Å². The maximum absolute atomic E-state index is 12.7. The fraction of sp³-hybridized carbons (Fsp3) is 0.800. The van der Waals surface area contributed by atoms with Crippen molar-refractivity contribution in [3.8, 4) is 0 Å². The Hall–Kier alpha value is -1.93. The Morgan fingerprint density at radius 2 is 1.45 bits per heavy atom. The molecule has 33 heavy (non-hydrogen) atoms. The first-order valence-electron chi connectivity index (χ1n) is 12.9. The highest BCUT2D eigenvalue weighted by Gasteiger charge is 2.18. The first-order chi connectivity index (χ1) is 15.9. The van der Waals surface area contributed by atoms with Crippen LogP contribution in [-0.2, 0) is 20.6 Å². The lowest BCUT2D eigenvalue weighted by Gasteiger charge is -2.19. The minimum Gasteiger partial charge on any atom is -0.391 e. The third-order valence-corrected chi connectivity index (χ3v) is 6.73. The van der Waals surface area contributed by atoms with Gasteiger partial charge in [-0.15, -0.1) is 0 Å². The Labute approximate surface area is 197 Å². The van der Waals surface area contributed by atoms with Gasteiger partial charge in [0.15, 0.2) is 11.2 Å². The summed E-state index contributed by atoms with van der Waals surface area (Å²) in [6, 6.07) is -0.340. The molecule has 0 spiro atoms. The van der Waals surface area contributed by atoms with Crippen molar-refractivity contribution in [2.75, 3.05) is 0 Å². The molecule has 0 saturated heterocycles. The van der Waals surface area contributed by atoms with E-state index in [9.17, 15) is 14.7 Å². The molecule has 2 aromatic heterocycles. The van der Waals surface area contributed by atoms with E-state index in [1.54, 1.807) is 18.7 Å². The van der Waals surface area contributed by atoms with Crippen LogP contribution < -0.4 is 17.0 Å². The maximum Gasteiger partial charge on any atom is 0.332 e. The van der Waals surface area contributed by atoms with Gasteiger partial charge in [0.1, 0.15) is 0 Å². The number of fused-ring (bicyclic) bond motifs is 1. The zero-order valence-electron chi connectivity index (χ0n) is 21.0. The van der Waals surface area contributed by atoms with Gasteiger partial charge in [-0.3, -0.25) is 13.9 Å². The summed E-state index contributed by atoms with van der Waals surface area (Å²) in [5.41, 5.74) is 6.13. The van der Waals surface area contributed by atoms with Crippen LogP contribution in [0.5, 0.6) is 0 Å². The molecular weight excluding hydrogens is 418 g/mol. The monoisotopic (exact) mass is 463 g/mol. The molecule has 0 bridgehead atoms. The maximum atomic E-state index is 12.7. The van der Waals surface area contributed by atoms with Gasteiger partial charge in [0, 0.05) is 26.7 Å². The summed E-state index contributed by atoms with van der Waals surface area (Å²) in [5, 5.41) is 10.5. The van der Waals surface area contributed by atoms with Gasteiger partial charge in [0.2, 0.25) is 0 Å². The molecule has 2 rings (SSSR count). The highest BCUT2D eigenvalue weighted by atomic mass is 16.3. The molecule has 2 unspecified atom stereocenters. The Morgan fingerprint density at radius 3 is 2.03 bits per heavy atom. The van der Waals surface area contributed by atoms with E-state index in [-0.39, 0.29) is 24.6 Å². The number of aromatic nitrogens is 4.